The fourth-order valence-corrected chi connectivity index (χ4v) is 5.71. The lowest BCUT2D eigenvalue weighted by Gasteiger charge is -2.59. The molecule has 0 bridgehead atoms. The quantitative estimate of drug-likeness (QED) is 0.588. The van der Waals surface area contributed by atoms with Gasteiger partial charge in [0, 0.05) is 49.1 Å². The van der Waals surface area contributed by atoms with Gasteiger partial charge in [-0.05, 0) is 48.2 Å². The summed E-state index contributed by atoms with van der Waals surface area (Å²) >= 11 is 6.27. The fraction of sp³-hybridized carbons (Fsp3) is 0.375. The molecule has 2 fully saturated rings. The van der Waals surface area contributed by atoms with Crippen LogP contribution in [0.4, 0.5) is 5.82 Å². The molecule has 0 unspecified atom stereocenters. The molecule has 3 aromatic rings. The summed E-state index contributed by atoms with van der Waals surface area (Å²) in [5.41, 5.74) is 4.59. The minimum absolute atomic E-state index is 0.0170. The van der Waals surface area contributed by atoms with E-state index in [1.807, 2.05) is 36.5 Å². The number of amides is 1. The number of aromatic nitrogens is 2. The molecule has 2 aromatic heterocycles. The van der Waals surface area contributed by atoms with Crippen molar-refractivity contribution in [3.8, 4) is 11.1 Å². The van der Waals surface area contributed by atoms with E-state index in [0.717, 1.165) is 59.9 Å². The molecule has 2 aliphatic heterocycles. The number of carbonyl (C=O) groups is 1. The van der Waals surface area contributed by atoms with Gasteiger partial charge in [-0.25, -0.2) is 4.98 Å². The van der Waals surface area contributed by atoms with E-state index in [1.54, 1.807) is 11.8 Å². The van der Waals surface area contributed by atoms with Crippen molar-refractivity contribution < 1.29 is 9.32 Å². The van der Waals surface area contributed by atoms with E-state index in [2.05, 4.69) is 21.1 Å². The van der Waals surface area contributed by atoms with Gasteiger partial charge in [-0.1, -0.05) is 28.9 Å². The fourth-order valence-electron chi connectivity index (χ4n) is 5.51. The summed E-state index contributed by atoms with van der Waals surface area (Å²) in [6.45, 7) is 4.65. The van der Waals surface area contributed by atoms with E-state index in [0.29, 0.717) is 29.4 Å². The average molecular weight is 435 g/mol. The van der Waals surface area contributed by atoms with Gasteiger partial charge in [-0.2, -0.15) is 0 Å². The van der Waals surface area contributed by atoms with Gasteiger partial charge >= 0.3 is 0 Å². The third-order valence-electron chi connectivity index (χ3n) is 7.04. The summed E-state index contributed by atoms with van der Waals surface area (Å²) in [5.74, 6) is 2.23. The maximum Gasteiger partial charge on any atom is 0.220 e. The molecule has 158 valence electrons. The highest BCUT2D eigenvalue weighted by Gasteiger charge is 2.54. The first-order valence-corrected chi connectivity index (χ1v) is 11.1. The smallest absolute Gasteiger partial charge is 0.220 e. The van der Waals surface area contributed by atoms with Gasteiger partial charge in [-0.15, -0.1) is 0 Å². The van der Waals surface area contributed by atoms with Crippen LogP contribution in [0.25, 0.3) is 11.1 Å². The van der Waals surface area contributed by atoms with E-state index in [1.165, 1.54) is 0 Å². The number of anilines is 1. The Morgan fingerprint density at radius 1 is 1.19 bits per heavy atom. The molecule has 0 atom stereocenters. The Bertz CT molecular complexity index is 1160. The van der Waals surface area contributed by atoms with Crippen molar-refractivity contribution in [1.29, 1.82) is 0 Å². The van der Waals surface area contributed by atoms with Crippen LogP contribution >= 0.6 is 11.6 Å². The second kappa shape index (κ2) is 6.82. The number of rotatable bonds is 2. The Morgan fingerprint density at radius 3 is 2.77 bits per heavy atom. The highest BCUT2D eigenvalue weighted by Crippen LogP contribution is 2.58. The molecule has 31 heavy (non-hydrogen) atoms. The lowest BCUT2D eigenvalue weighted by Crippen LogP contribution is -2.62. The number of halogens is 1. The molecule has 1 amide bonds. The monoisotopic (exact) mass is 434 g/mol. The van der Waals surface area contributed by atoms with Crippen molar-refractivity contribution >= 4 is 23.3 Å². The molecule has 0 radical (unpaired) electrons. The van der Waals surface area contributed by atoms with Crippen LogP contribution in [0.2, 0.25) is 5.02 Å². The molecule has 6 nitrogen and oxygen atoms in total. The van der Waals surface area contributed by atoms with Gasteiger partial charge in [0.25, 0.3) is 0 Å². The number of carbonyl (C=O) groups excluding carboxylic acids is 1. The van der Waals surface area contributed by atoms with Gasteiger partial charge < -0.3 is 14.3 Å². The Balaban J connectivity index is 1.27. The summed E-state index contributed by atoms with van der Waals surface area (Å²) in [4.78, 5) is 20.8. The molecule has 0 N–H and O–H groups in total. The zero-order valence-electron chi connectivity index (χ0n) is 17.3. The molecule has 1 spiro atoms. The molecule has 1 aromatic carbocycles. The van der Waals surface area contributed by atoms with Crippen molar-refractivity contribution in [3.63, 3.8) is 0 Å². The summed E-state index contributed by atoms with van der Waals surface area (Å²) in [6.07, 6.45) is 4.06. The van der Waals surface area contributed by atoms with E-state index in [9.17, 15) is 4.79 Å². The van der Waals surface area contributed by atoms with Crippen molar-refractivity contribution in [3.05, 3.63) is 64.6 Å². The van der Waals surface area contributed by atoms with Gasteiger partial charge in [0.15, 0.2) is 5.76 Å². The van der Waals surface area contributed by atoms with Crippen molar-refractivity contribution in [2.45, 2.75) is 38.8 Å². The second-order valence-electron chi connectivity index (χ2n) is 9.19. The lowest BCUT2D eigenvalue weighted by atomic mass is 9.56. The van der Waals surface area contributed by atoms with Gasteiger partial charge in [-0.3, -0.25) is 4.79 Å². The van der Waals surface area contributed by atoms with Crippen LogP contribution in [0.1, 0.15) is 42.7 Å². The normalized spacial score (nSPS) is 19.3. The van der Waals surface area contributed by atoms with Gasteiger partial charge in [0.2, 0.25) is 5.91 Å². The number of fused-ring (bicyclic) bond motifs is 3. The lowest BCUT2D eigenvalue weighted by molar-refractivity contribution is -0.130. The predicted octanol–water partition coefficient (Wildman–Crippen LogP) is 4.64. The maximum atomic E-state index is 12.2. The zero-order valence-corrected chi connectivity index (χ0v) is 18.1. The summed E-state index contributed by atoms with van der Waals surface area (Å²) in [6, 6.07) is 12.0. The molecule has 1 saturated heterocycles. The predicted molar refractivity (Wildman–Crippen MR) is 118 cm³/mol. The number of nitrogens with zero attached hydrogens (tertiary/aromatic N) is 4. The van der Waals surface area contributed by atoms with Crippen LogP contribution < -0.4 is 4.90 Å². The zero-order chi connectivity index (χ0) is 21.2. The van der Waals surface area contributed by atoms with E-state index < -0.39 is 0 Å². The van der Waals surface area contributed by atoms with Crippen LogP contribution in [0, 0.1) is 5.41 Å². The second-order valence-corrected chi connectivity index (χ2v) is 9.63. The van der Waals surface area contributed by atoms with Gasteiger partial charge in [0.1, 0.15) is 5.82 Å². The topological polar surface area (TPSA) is 62.5 Å². The highest BCUT2D eigenvalue weighted by molar-refractivity contribution is 6.30. The van der Waals surface area contributed by atoms with Gasteiger partial charge in [0.05, 0.1) is 17.8 Å². The molecular weight excluding hydrogens is 412 g/mol. The van der Waals surface area contributed by atoms with Crippen molar-refractivity contribution in [1.82, 2.24) is 15.0 Å². The number of pyridine rings is 1. The van der Waals surface area contributed by atoms with E-state index in [4.69, 9.17) is 16.1 Å². The van der Waals surface area contributed by atoms with Crippen LogP contribution in [-0.4, -0.2) is 34.0 Å². The first-order valence-electron chi connectivity index (χ1n) is 10.7. The largest absolute Gasteiger partial charge is 0.359 e. The summed E-state index contributed by atoms with van der Waals surface area (Å²) < 4.78 is 5.80. The maximum absolute atomic E-state index is 12.2. The first-order chi connectivity index (χ1) is 15.0. The minimum atomic E-state index is 0.0170. The van der Waals surface area contributed by atoms with Crippen LogP contribution in [0.3, 0.4) is 0 Å². The first kappa shape index (κ1) is 18.9. The molecule has 3 aliphatic rings. The van der Waals surface area contributed by atoms with Crippen molar-refractivity contribution in [2.75, 3.05) is 18.0 Å². The Labute approximate surface area is 185 Å². The number of hydrogen-bond donors (Lipinski definition) is 0. The molecule has 6 rings (SSSR count). The van der Waals surface area contributed by atoms with Crippen molar-refractivity contribution in [2.24, 2.45) is 5.41 Å². The molecule has 7 heteroatoms. The summed E-state index contributed by atoms with van der Waals surface area (Å²) in [7, 11) is 0. The van der Waals surface area contributed by atoms with E-state index >= 15 is 0 Å². The molecule has 1 aliphatic carbocycles. The average Bonchev–Trinajstić information content (AvgIpc) is 3.02. The van der Waals surface area contributed by atoms with Crippen LogP contribution in [0.5, 0.6) is 0 Å². The Morgan fingerprint density at radius 2 is 2.03 bits per heavy atom. The van der Waals surface area contributed by atoms with Crippen LogP contribution in [0.15, 0.2) is 47.1 Å². The van der Waals surface area contributed by atoms with E-state index in [-0.39, 0.29) is 5.91 Å². The summed E-state index contributed by atoms with van der Waals surface area (Å²) in [5, 5.41) is 5.18. The highest BCUT2D eigenvalue weighted by atomic mass is 35.5. The minimum Gasteiger partial charge on any atom is -0.359 e. The standard InChI is InChI=1S/C24H23ClN4O2/c1-15(30)28-11-16-8-18(25)5-6-19(16)22-20(12-28)31-27-23(22)17-9-24(10-17)13-29(14-24)21-4-2-3-7-26-21/h2-8,17H,9-14H2,1H3. The molecule has 4 heterocycles. The Kier molecular flexibility index (Phi) is 4.15. The number of benzene rings is 1. The molecular formula is C24H23ClN4O2. The third kappa shape index (κ3) is 3.04. The third-order valence-corrected chi connectivity index (χ3v) is 7.27. The Hall–Kier alpha value is -2.86. The SMILES string of the molecule is CC(=O)N1Cc2cc(Cl)ccc2-c2c(C3CC4(C3)CN(c3ccccn3)C4)noc2C1. The molecule has 1 saturated carbocycles. The number of hydrogen-bond acceptors (Lipinski definition) is 5. The van der Waals surface area contributed by atoms with Crippen LogP contribution in [-0.2, 0) is 17.9 Å².